The number of nitrogens with zero attached hydrogens (tertiary/aromatic N) is 2. The van der Waals surface area contributed by atoms with E-state index in [-0.39, 0.29) is 0 Å². The lowest BCUT2D eigenvalue weighted by Crippen LogP contribution is -2.16. The highest BCUT2D eigenvalue weighted by Gasteiger charge is 1.99. The summed E-state index contributed by atoms with van der Waals surface area (Å²) < 4.78 is 0. The molecule has 0 amide bonds. The molecule has 0 saturated heterocycles. The van der Waals surface area contributed by atoms with E-state index >= 15 is 0 Å². The Hall–Kier alpha value is -0.990. The van der Waals surface area contributed by atoms with Crippen molar-refractivity contribution in [1.82, 2.24) is 9.97 Å². The fourth-order valence-corrected chi connectivity index (χ4v) is 0.743. The van der Waals surface area contributed by atoms with Crippen molar-refractivity contribution in [2.45, 2.75) is 13.8 Å². The maximum atomic E-state index is 4.16. The Kier molecular flexibility index (Phi) is 1.94. The molecule has 0 aliphatic heterocycles. The Labute approximate surface area is 61.1 Å². The topological polar surface area (TPSA) is 31.9 Å². The predicted molar refractivity (Wildman–Crippen MR) is 42.3 cm³/mol. The Morgan fingerprint density at radius 1 is 1.70 bits per heavy atom. The molecule has 1 rings (SSSR count). The maximum absolute atomic E-state index is 4.16. The number of rotatable bonds is 2. The number of anilines is 1. The second-order valence-electron chi connectivity index (χ2n) is 2.40. The highest BCUT2D eigenvalue weighted by molar-refractivity contribution is 5.28. The maximum Gasteiger partial charge on any atom is 0.202 e. The molecule has 0 spiro atoms. The van der Waals surface area contributed by atoms with Gasteiger partial charge in [-0.25, -0.2) is 4.98 Å². The second-order valence-corrected chi connectivity index (χ2v) is 2.40. The number of aryl methyl sites for hydroxylation is 1. The zero-order valence-electron chi connectivity index (χ0n) is 6.68. The van der Waals surface area contributed by atoms with Crippen LogP contribution in [0.3, 0.4) is 0 Å². The summed E-state index contributed by atoms with van der Waals surface area (Å²) in [6, 6.07) is 0. The van der Waals surface area contributed by atoms with E-state index in [1.807, 2.05) is 20.2 Å². The summed E-state index contributed by atoms with van der Waals surface area (Å²) in [4.78, 5) is 9.36. The van der Waals surface area contributed by atoms with E-state index in [9.17, 15) is 0 Å². The van der Waals surface area contributed by atoms with Gasteiger partial charge in [-0.2, -0.15) is 0 Å². The summed E-state index contributed by atoms with van der Waals surface area (Å²) >= 11 is 0. The molecule has 0 fully saturated rings. The molecule has 10 heavy (non-hydrogen) atoms. The van der Waals surface area contributed by atoms with Crippen molar-refractivity contribution in [3.05, 3.63) is 11.9 Å². The van der Waals surface area contributed by atoms with Crippen LogP contribution in [0.5, 0.6) is 0 Å². The predicted octanol–water partition coefficient (Wildman–Crippen LogP) is 1.17. The first-order valence-corrected chi connectivity index (χ1v) is 3.46. The van der Waals surface area contributed by atoms with Gasteiger partial charge in [-0.15, -0.1) is 0 Å². The fourth-order valence-electron chi connectivity index (χ4n) is 0.743. The number of nitrogens with one attached hydrogen (secondary N) is 1. The van der Waals surface area contributed by atoms with Crippen LogP contribution in [0.25, 0.3) is 0 Å². The van der Waals surface area contributed by atoms with Gasteiger partial charge in [-0.05, 0) is 13.8 Å². The van der Waals surface area contributed by atoms with Gasteiger partial charge in [0.05, 0.1) is 0 Å². The van der Waals surface area contributed by atoms with Crippen molar-refractivity contribution in [2.24, 2.45) is 0 Å². The lowest BCUT2D eigenvalue weighted by Gasteiger charge is -2.11. The molecule has 0 radical (unpaired) electrons. The number of imidazole rings is 1. The van der Waals surface area contributed by atoms with Crippen LogP contribution in [0.1, 0.15) is 12.6 Å². The van der Waals surface area contributed by atoms with Crippen LogP contribution in [0.2, 0.25) is 0 Å². The van der Waals surface area contributed by atoms with Crippen molar-refractivity contribution >= 4 is 5.95 Å². The van der Waals surface area contributed by atoms with Crippen LogP contribution >= 0.6 is 0 Å². The van der Waals surface area contributed by atoms with Gasteiger partial charge in [0, 0.05) is 25.5 Å². The standard InChI is InChI=1S/C7H13N3/c1-4-10(3)7-8-5-6(2)9-7/h5H,4H2,1-3H3,(H,8,9). The average molecular weight is 139 g/mol. The van der Waals surface area contributed by atoms with E-state index < -0.39 is 0 Å². The van der Waals surface area contributed by atoms with Gasteiger partial charge in [-0.1, -0.05) is 0 Å². The molecule has 1 N–H and O–H groups in total. The van der Waals surface area contributed by atoms with E-state index in [2.05, 4.69) is 21.8 Å². The fraction of sp³-hybridized carbons (Fsp3) is 0.571. The van der Waals surface area contributed by atoms with Crippen molar-refractivity contribution in [3.8, 4) is 0 Å². The number of aromatic nitrogens is 2. The third-order valence-electron chi connectivity index (χ3n) is 1.53. The average Bonchev–Trinajstić information content (AvgIpc) is 2.34. The van der Waals surface area contributed by atoms with Gasteiger partial charge in [0.2, 0.25) is 5.95 Å². The highest BCUT2D eigenvalue weighted by Crippen LogP contribution is 2.04. The summed E-state index contributed by atoms with van der Waals surface area (Å²) in [7, 11) is 2.01. The summed E-state index contributed by atoms with van der Waals surface area (Å²) in [5.74, 6) is 0.944. The number of hydrogen-bond donors (Lipinski definition) is 1. The summed E-state index contributed by atoms with van der Waals surface area (Å²) in [5.41, 5.74) is 1.11. The van der Waals surface area contributed by atoms with Crippen molar-refractivity contribution in [2.75, 3.05) is 18.5 Å². The van der Waals surface area contributed by atoms with E-state index in [1.54, 1.807) is 0 Å². The minimum atomic E-state index is 0.944. The third kappa shape index (κ3) is 1.29. The van der Waals surface area contributed by atoms with Crippen LogP contribution in [-0.2, 0) is 0 Å². The molecule has 56 valence electrons. The number of H-pyrrole nitrogens is 1. The summed E-state index contributed by atoms with van der Waals surface area (Å²) in [5, 5.41) is 0. The van der Waals surface area contributed by atoms with E-state index in [4.69, 9.17) is 0 Å². The van der Waals surface area contributed by atoms with Crippen LogP contribution in [-0.4, -0.2) is 23.6 Å². The van der Waals surface area contributed by atoms with E-state index in [0.29, 0.717) is 0 Å². The van der Waals surface area contributed by atoms with Crippen molar-refractivity contribution < 1.29 is 0 Å². The Morgan fingerprint density at radius 2 is 2.40 bits per heavy atom. The lowest BCUT2D eigenvalue weighted by molar-refractivity contribution is 0.918. The summed E-state index contributed by atoms with van der Waals surface area (Å²) in [6.07, 6.45) is 1.83. The molecule has 0 aliphatic carbocycles. The second kappa shape index (κ2) is 2.73. The van der Waals surface area contributed by atoms with Crippen LogP contribution in [0.15, 0.2) is 6.20 Å². The minimum absolute atomic E-state index is 0.944. The van der Waals surface area contributed by atoms with Gasteiger partial charge in [0.15, 0.2) is 0 Å². The van der Waals surface area contributed by atoms with Gasteiger partial charge >= 0.3 is 0 Å². The Morgan fingerprint density at radius 3 is 2.80 bits per heavy atom. The third-order valence-corrected chi connectivity index (χ3v) is 1.53. The molecule has 0 atom stereocenters. The molecular weight excluding hydrogens is 126 g/mol. The largest absolute Gasteiger partial charge is 0.346 e. The van der Waals surface area contributed by atoms with Gasteiger partial charge < -0.3 is 9.88 Å². The molecule has 0 bridgehead atoms. The molecule has 1 heterocycles. The van der Waals surface area contributed by atoms with E-state index in [0.717, 1.165) is 18.2 Å². The molecule has 3 nitrogen and oxygen atoms in total. The van der Waals surface area contributed by atoms with Crippen molar-refractivity contribution in [3.63, 3.8) is 0 Å². The molecule has 0 unspecified atom stereocenters. The minimum Gasteiger partial charge on any atom is -0.346 e. The molecule has 0 aromatic carbocycles. The molecule has 1 aromatic rings. The van der Waals surface area contributed by atoms with Crippen LogP contribution in [0, 0.1) is 6.92 Å². The van der Waals surface area contributed by atoms with Crippen LogP contribution in [0.4, 0.5) is 5.95 Å². The molecule has 3 heteroatoms. The van der Waals surface area contributed by atoms with Crippen molar-refractivity contribution in [1.29, 1.82) is 0 Å². The molecular formula is C7H13N3. The first-order chi connectivity index (χ1) is 4.74. The molecule has 0 saturated carbocycles. The highest BCUT2D eigenvalue weighted by atomic mass is 15.2. The van der Waals surface area contributed by atoms with Gasteiger partial charge in [0.25, 0.3) is 0 Å². The zero-order chi connectivity index (χ0) is 7.56. The Bertz CT molecular complexity index is 204. The first kappa shape index (κ1) is 7.12. The van der Waals surface area contributed by atoms with Gasteiger partial charge in [-0.3, -0.25) is 0 Å². The quantitative estimate of drug-likeness (QED) is 0.667. The molecule has 0 aliphatic rings. The normalized spacial score (nSPS) is 9.90. The Balaban J connectivity index is 2.74. The SMILES string of the molecule is CCN(C)c1ncc(C)[nH]1. The summed E-state index contributed by atoms with van der Waals surface area (Å²) in [6.45, 7) is 5.07. The smallest absolute Gasteiger partial charge is 0.202 e. The van der Waals surface area contributed by atoms with Gasteiger partial charge in [0.1, 0.15) is 0 Å². The number of hydrogen-bond acceptors (Lipinski definition) is 2. The number of aromatic amines is 1. The zero-order valence-corrected chi connectivity index (χ0v) is 6.68. The molecule has 1 aromatic heterocycles. The lowest BCUT2D eigenvalue weighted by atomic mass is 10.6. The van der Waals surface area contributed by atoms with E-state index in [1.165, 1.54) is 0 Å². The monoisotopic (exact) mass is 139 g/mol. The van der Waals surface area contributed by atoms with Crippen LogP contribution < -0.4 is 4.90 Å². The first-order valence-electron chi connectivity index (χ1n) is 3.46.